The maximum absolute atomic E-state index is 13.5. The van der Waals surface area contributed by atoms with Crippen LogP contribution in [0.5, 0.6) is 5.75 Å². The SMILES string of the molecule is COc1ccc(C(=O)O[C@H]2C[C@](C)(O)CC(=O)[C@@]3(C)[C@@H](OC(C)=O)C[C@@](O)(C(C)C)[C@H]23)cc1. The van der Waals surface area contributed by atoms with Crippen LogP contribution in [-0.4, -0.2) is 58.5 Å². The Balaban J connectivity index is 2.07. The summed E-state index contributed by atoms with van der Waals surface area (Å²) in [4.78, 5) is 38.4. The monoisotopic (exact) mass is 462 g/mol. The van der Waals surface area contributed by atoms with Gasteiger partial charge in [-0.25, -0.2) is 4.79 Å². The van der Waals surface area contributed by atoms with Crippen LogP contribution in [0.1, 0.15) is 64.2 Å². The molecule has 0 amide bonds. The van der Waals surface area contributed by atoms with Crippen LogP contribution in [0, 0.1) is 17.3 Å². The van der Waals surface area contributed by atoms with Gasteiger partial charge in [-0.1, -0.05) is 13.8 Å². The third kappa shape index (κ3) is 4.51. The van der Waals surface area contributed by atoms with E-state index >= 15 is 0 Å². The van der Waals surface area contributed by atoms with Gasteiger partial charge in [-0.05, 0) is 44.0 Å². The molecule has 2 fully saturated rings. The molecule has 0 aliphatic heterocycles. The third-order valence-corrected chi connectivity index (χ3v) is 7.41. The number of methoxy groups -OCH3 is 1. The van der Waals surface area contributed by atoms with Crippen molar-refractivity contribution < 1.29 is 38.8 Å². The molecular weight excluding hydrogens is 428 g/mol. The molecule has 3 rings (SSSR count). The molecule has 33 heavy (non-hydrogen) atoms. The van der Waals surface area contributed by atoms with Gasteiger partial charge in [0.25, 0.3) is 0 Å². The summed E-state index contributed by atoms with van der Waals surface area (Å²) in [5.41, 5.74) is -3.99. The lowest BCUT2D eigenvalue weighted by atomic mass is 9.67. The second-order valence-corrected chi connectivity index (χ2v) is 10.2. The quantitative estimate of drug-likeness (QED) is 0.641. The van der Waals surface area contributed by atoms with Crippen molar-refractivity contribution in [1.29, 1.82) is 0 Å². The van der Waals surface area contributed by atoms with Crippen LogP contribution in [0.2, 0.25) is 0 Å². The minimum Gasteiger partial charge on any atom is -0.497 e. The van der Waals surface area contributed by atoms with E-state index in [1.807, 2.05) is 13.8 Å². The number of Topliss-reactive ketones (excluding diaryl/α,β-unsaturated/α-hetero) is 1. The molecule has 8 nitrogen and oxygen atoms in total. The first kappa shape index (κ1) is 25.2. The standard InChI is InChI=1S/C25H34O8/c1-14(2)25(30)13-20(32-15(3)26)24(5)19(27)12-23(4,29)11-18(21(24)25)33-22(28)16-7-9-17(31-6)10-8-16/h7-10,14,18,20-21,29-30H,11-13H2,1-6H3/t18-,20-,21+,23-,24-,25+/m0/s1. The van der Waals surface area contributed by atoms with Crippen molar-refractivity contribution in [3.63, 3.8) is 0 Å². The minimum atomic E-state index is -1.46. The number of benzene rings is 1. The first-order valence-corrected chi connectivity index (χ1v) is 11.2. The van der Waals surface area contributed by atoms with Crippen LogP contribution in [0.4, 0.5) is 0 Å². The molecule has 8 heteroatoms. The van der Waals surface area contributed by atoms with E-state index in [4.69, 9.17) is 14.2 Å². The molecule has 0 bridgehead atoms. The summed E-state index contributed by atoms with van der Waals surface area (Å²) in [6.45, 7) is 8.03. The Bertz CT molecular complexity index is 921. The van der Waals surface area contributed by atoms with Crippen LogP contribution in [0.15, 0.2) is 24.3 Å². The number of esters is 2. The van der Waals surface area contributed by atoms with Gasteiger partial charge in [-0.2, -0.15) is 0 Å². The summed E-state index contributed by atoms with van der Waals surface area (Å²) in [5, 5.41) is 22.8. The van der Waals surface area contributed by atoms with Gasteiger partial charge in [-0.15, -0.1) is 0 Å². The molecule has 0 radical (unpaired) electrons. The smallest absolute Gasteiger partial charge is 0.338 e. The lowest BCUT2D eigenvalue weighted by Crippen LogP contribution is -2.53. The number of rotatable bonds is 5. The van der Waals surface area contributed by atoms with Crippen molar-refractivity contribution in [3.8, 4) is 5.75 Å². The highest BCUT2D eigenvalue weighted by Crippen LogP contribution is 2.59. The molecule has 0 unspecified atom stereocenters. The van der Waals surface area contributed by atoms with Crippen molar-refractivity contribution in [1.82, 2.24) is 0 Å². The lowest BCUT2D eigenvalue weighted by Gasteiger charge is -2.42. The van der Waals surface area contributed by atoms with Gasteiger partial charge in [0.1, 0.15) is 23.7 Å². The molecule has 6 atom stereocenters. The molecule has 2 aliphatic rings. The lowest BCUT2D eigenvalue weighted by molar-refractivity contribution is -0.159. The van der Waals surface area contributed by atoms with Gasteiger partial charge in [0, 0.05) is 32.1 Å². The largest absolute Gasteiger partial charge is 0.497 e. The van der Waals surface area contributed by atoms with E-state index in [2.05, 4.69) is 0 Å². The Morgan fingerprint density at radius 1 is 1.06 bits per heavy atom. The number of carbonyl (C=O) groups is 3. The van der Waals surface area contributed by atoms with Crippen molar-refractivity contribution in [2.75, 3.05) is 7.11 Å². The highest BCUT2D eigenvalue weighted by atomic mass is 16.6. The molecule has 0 spiro atoms. The van der Waals surface area contributed by atoms with Crippen LogP contribution in [-0.2, 0) is 19.1 Å². The van der Waals surface area contributed by atoms with Crippen LogP contribution >= 0.6 is 0 Å². The van der Waals surface area contributed by atoms with Crippen LogP contribution < -0.4 is 4.74 Å². The maximum atomic E-state index is 13.5. The maximum Gasteiger partial charge on any atom is 0.338 e. The minimum absolute atomic E-state index is 0.0376. The fourth-order valence-corrected chi connectivity index (χ4v) is 5.58. The van der Waals surface area contributed by atoms with E-state index in [1.54, 1.807) is 31.2 Å². The van der Waals surface area contributed by atoms with Gasteiger partial charge < -0.3 is 24.4 Å². The van der Waals surface area contributed by atoms with Crippen molar-refractivity contribution in [2.45, 2.75) is 77.3 Å². The van der Waals surface area contributed by atoms with E-state index in [1.165, 1.54) is 21.0 Å². The summed E-state index contributed by atoms with van der Waals surface area (Å²) < 4.78 is 16.6. The zero-order valence-electron chi connectivity index (χ0n) is 20.1. The zero-order chi connectivity index (χ0) is 24.8. The number of ketones is 1. The van der Waals surface area contributed by atoms with Crippen LogP contribution in [0.25, 0.3) is 0 Å². The summed E-state index contributed by atoms with van der Waals surface area (Å²) in [5.74, 6) is -2.17. The average Bonchev–Trinajstić information content (AvgIpc) is 2.90. The van der Waals surface area contributed by atoms with E-state index in [9.17, 15) is 24.6 Å². The van der Waals surface area contributed by atoms with E-state index < -0.39 is 46.7 Å². The molecule has 0 aromatic heterocycles. The average molecular weight is 463 g/mol. The molecule has 1 aromatic rings. The Morgan fingerprint density at radius 2 is 1.67 bits per heavy atom. The number of ether oxygens (including phenoxy) is 3. The number of fused-ring (bicyclic) bond motifs is 1. The summed E-state index contributed by atoms with van der Waals surface area (Å²) in [6.07, 6.45) is -2.10. The van der Waals surface area contributed by atoms with Gasteiger partial charge in [-0.3, -0.25) is 9.59 Å². The van der Waals surface area contributed by atoms with Gasteiger partial charge in [0.15, 0.2) is 0 Å². The normalized spacial score (nSPS) is 36.2. The van der Waals surface area contributed by atoms with Crippen molar-refractivity contribution >= 4 is 17.7 Å². The summed E-state index contributed by atoms with van der Waals surface area (Å²) in [7, 11) is 1.52. The summed E-state index contributed by atoms with van der Waals surface area (Å²) >= 11 is 0. The summed E-state index contributed by atoms with van der Waals surface area (Å²) in [6, 6.07) is 6.38. The molecule has 2 N–H and O–H groups in total. The highest BCUT2D eigenvalue weighted by molar-refractivity contribution is 5.90. The Labute approximate surface area is 194 Å². The molecule has 0 heterocycles. The number of hydrogen-bond donors (Lipinski definition) is 2. The zero-order valence-corrected chi connectivity index (χ0v) is 20.1. The number of hydrogen-bond acceptors (Lipinski definition) is 8. The predicted molar refractivity (Wildman–Crippen MR) is 119 cm³/mol. The molecule has 0 saturated heterocycles. The Morgan fingerprint density at radius 3 is 2.18 bits per heavy atom. The first-order chi connectivity index (χ1) is 15.2. The Hall–Kier alpha value is -2.45. The van der Waals surface area contributed by atoms with E-state index in [0.29, 0.717) is 5.75 Å². The fraction of sp³-hybridized carbons (Fsp3) is 0.640. The van der Waals surface area contributed by atoms with Gasteiger partial charge in [0.2, 0.25) is 0 Å². The van der Waals surface area contributed by atoms with Crippen LogP contribution in [0.3, 0.4) is 0 Å². The fourth-order valence-electron chi connectivity index (χ4n) is 5.58. The third-order valence-electron chi connectivity index (χ3n) is 7.41. The second-order valence-electron chi connectivity index (χ2n) is 10.2. The molecule has 1 aromatic carbocycles. The number of carbonyl (C=O) groups excluding carboxylic acids is 3. The molecular formula is C25H34O8. The Kier molecular flexibility index (Phi) is 6.65. The van der Waals surface area contributed by atoms with Crippen molar-refractivity contribution in [2.24, 2.45) is 17.3 Å². The molecule has 2 saturated carbocycles. The molecule has 182 valence electrons. The first-order valence-electron chi connectivity index (χ1n) is 11.2. The highest BCUT2D eigenvalue weighted by Gasteiger charge is 2.69. The van der Waals surface area contributed by atoms with Gasteiger partial charge >= 0.3 is 11.9 Å². The van der Waals surface area contributed by atoms with E-state index in [0.717, 1.165) is 0 Å². The van der Waals surface area contributed by atoms with E-state index in [-0.39, 0.29) is 36.5 Å². The molecule has 2 aliphatic carbocycles. The van der Waals surface area contributed by atoms with Gasteiger partial charge in [0.05, 0.1) is 29.3 Å². The second kappa shape index (κ2) is 8.72. The number of aliphatic hydroxyl groups is 2. The van der Waals surface area contributed by atoms with Crippen molar-refractivity contribution in [3.05, 3.63) is 29.8 Å². The predicted octanol–water partition coefficient (Wildman–Crippen LogP) is 2.68. The topological polar surface area (TPSA) is 119 Å².